The molecule has 1 aliphatic heterocycles. The van der Waals surface area contributed by atoms with Crippen LogP contribution in [0.1, 0.15) is 60.8 Å². The lowest BCUT2D eigenvalue weighted by Gasteiger charge is -2.38. The SMILES string of the molecule is Cc1cc(C)n(Cc2ccc(C(=O)N3C(C)CCCC3C)o2)n1. The molecule has 2 atom stereocenters. The largest absolute Gasteiger partial charge is 0.454 e. The molecule has 1 saturated heterocycles. The molecule has 5 nitrogen and oxygen atoms in total. The Balaban J connectivity index is 1.76. The number of rotatable bonds is 3. The van der Waals surface area contributed by atoms with Crippen LogP contribution in [0.3, 0.4) is 0 Å². The van der Waals surface area contributed by atoms with Crippen LogP contribution in [0, 0.1) is 13.8 Å². The molecule has 3 heterocycles. The lowest BCUT2D eigenvalue weighted by molar-refractivity contribution is 0.0476. The number of carbonyl (C=O) groups is 1. The van der Waals surface area contributed by atoms with Crippen molar-refractivity contribution in [2.45, 2.75) is 65.6 Å². The molecule has 2 aromatic rings. The van der Waals surface area contributed by atoms with Crippen molar-refractivity contribution < 1.29 is 9.21 Å². The molecule has 0 aromatic carbocycles. The van der Waals surface area contributed by atoms with E-state index in [2.05, 4.69) is 18.9 Å². The zero-order valence-electron chi connectivity index (χ0n) is 14.4. The summed E-state index contributed by atoms with van der Waals surface area (Å²) in [4.78, 5) is 14.7. The van der Waals surface area contributed by atoms with Crippen LogP contribution in [0.5, 0.6) is 0 Å². The van der Waals surface area contributed by atoms with Crippen molar-refractivity contribution in [1.29, 1.82) is 0 Å². The second-order valence-electron chi connectivity index (χ2n) is 6.69. The highest BCUT2D eigenvalue weighted by Gasteiger charge is 2.31. The minimum absolute atomic E-state index is 0.00400. The molecule has 23 heavy (non-hydrogen) atoms. The number of aromatic nitrogens is 2. The highest BCUT2D eigenvalue weighted by atomic mass is 16.4. The summed E-state index contributed by atoms with van der Waals surface area (Å²) in [6.45, 7) is 8.78. The number of likely N-dealkylation sites (tertiary alicyclic amines) is 1. The molecule has 1 amide bonds. The summed E-state index contributed by atoms with van der Waals surface area (Å²) in [5.74, 6) is 1.20. The van der Waals surface area contributed by atoms with Crippen LogP contribution >= 0.6 is 0 Å². The van der Waals surface area contributed by atoms with Gasteiger partial charge in [0.1, 0.15) is 5.76 Å². The number of piperidine rings is 1. The van der Waals surface area contributed by atoms with E-state index in [0.717, 1.165) is 30.0 Å². The van der Waals surface area contributed by atoms with Gasteiger partial charge in [0, 0.05) is 17.8 Å². The Bertz CT molecular complexity index is 691. The highest BCUT2D eigenvalue weighted by molar-refractivity contribution is 5.92. The normalized spacial score (nSPS) is 21.7. The molecule has 0 bridgehead atoms. The molecule has 5 heteroatoms. The topological polar surface area (TPSA) is 51.3 Å². The minimum atomic E-state index is 0.00400. The maximum Gasteiger partial charge on any atom is 0.290 e. The summed E-state index contributed by atoms with van der Waals surface area (Å²) >= 11 is 0. The maximum atomic E-state index is 12.8. The van der Waals surface area contributed by atoms with Crippen LogP contribution in [0.2, 0.25) is 0 Å². The fraction of sp³-hybridized carbons (Fsp3) is 0.556. The van der Waals surface area contributed by atoms with Crippen molar-refractivity contribution in [2.75, 3.05) is 0 Å². The molecule has 2 unspecified atom stereocenters. The Morgan fingerprint density at radius 3 is 2.57 bits per heavy atom. The first-order chi connectivity index (χ1) is 11.0. The summed E-state index contributed by atoms with van der Waals surface area (Å²) < 4.78 is 7.71. The van der Waals surface area contributed by atoms with Gasteiger partial charge >= 0.3 is 0 Å². The molecule has 0 N–H and O–H groups in total. The van der Waals surface area contributed by atoms with Crippen molar-refractivity contribution in [3.63, 3.8) is 0 Å². The number of amides is 1. The van der Waals surface area contributed by atoms with Crippen LogP contribution in [0.15, 0.2) is 22.6 Å². The zero-order valence-corrected chi connectivity index (χ0v) is 14.4. The predicted molar refractivity (Wildman–Crippen MR) is 88.5 cm³/mol. The summed E-state index contributed by atoms with van der Waals surface area (Å²) in [6, 6.07) is 6.25. The van der Waals surface area contributed by atoms with E-state index in [-0.39, 0.29) is 18.0 Å². The van der Waals surface area contributed by atoms with Crippen molar-refractivity contribution >= 4 is 5.91 Å². The first-order valence-electron chi connectivity index (χ1n) is 8.38. The molecule has 124 valence electrons. The van der Waals surface area contributed by atoms with Crippen LogP contribution < -0.4 is 0 Å². The Morgan fingerprint density at radius 2 is 1.96 bits per heavy atom. The number of hydrogen-bond donors (Lipinski definition) is 0. The number of furan rings is 1. The third kappa shape index (κ3) is 3.19. The summed E-state index contributed by atoms with van der Waals surface area (Å²) in [5, 5.41) is 4.43. The van der Waals surface area contributed by atoms with Gasteiger partial charge in [-0.2, -0.15) is 5.10 Å². The van der Waals surface area contributed by atoms with Crippen LogP contribution in [-0.2, 0) is 6.54 Å². The van der Waals surface area contributed by atoms with E-state index < -0.39 is 0 Å². The van der Waals surface area contributed by atoms with Gasteiger partial charge in [0.2, 0.25) is 0 Å². The molecule has 1 fully saturated rings. The molecule has 1 aliphatic rings. The van der Waals surface area contributed by atoms with E-state index >= 15 is 0 Å². The van der Waals surface area contributed by atoms with Crippen molar-refractivity contribution in [3.05, 3.63) is 41.1 Å². The van der Waals surface area contributed by atoms with Gasteiger partial charge in [-0.25, -0.2) is 0 Å². The summed E-state index contributed by atoms with van der Waals surface area (Å²) in [7, 11) is 0. The second kappa shape index (κ2) is 6.22. The molecule has 2 aromatic heterocycles. The van der Waals surface area contributed by atoms with E-state index in [1.54, 1.807) is 6.07 Å². The van der Waals surface area contributed by atoms with E-state index in [1.807, 2.05) is 35.6 Å². The van der Waals surface area contributed by atoms with Gasteiger partial charge in [0.05, 0.1) is 12.2 Å². The maximum absolute atomic E-state index is 12.8. The van der Waals surface area contributed by atoms with Crippen LogP contribution in [0.25, 0.3) is 0 Å². The average Bonchev–Trinajstić information content (AvgIpc) is 3.06. The molecule has 0 radical (unpaired) electrons. The fourth-order valence-corrected chi connectivity index (χ4v) is 3.51. The lowest BCUT2D eigenvalue weighted by Crippen LogP contribution is -2.47. The summed E-state index contributed by atoms with van der Waals surface area (Å²) in [6.07, 6.45) is 3.32. The van der Waals surface area contributed by atoms with Gasteiger partial charge in [0.15, 0.2) is 5.76 Å². The van der Waals surface area contributed by atoms with E-state index in [0.29, 0.717) is 12.3 Å². The van der Waals surface area contributed by atoms with Gasteiger partial charge in [-0.1, -0.05) is 0 Å². The van der Waals surface area contributed by atoms with Crippen LogP contribution in [0.4, 0.5) is 0 Å². The van der Waals surface area contributed by atoms with E-state index in [9.17, 15) is 4.79 Å². The van der Waals surface area contributed by atoms with Crippen molar-refractivity contribution in [3.8, 4) is 0 Å². The third-order valence-electron chi connectivity index (χ3n) is 4.71. The molecule has 0 saturated carbocycles. The van der Waals surface area contributed by atoms with Gasteiger partial charge in [-0.15, -0.1) is 0 Å². The Hall–Kier alpha value is -2.04. The van der Waals surface area contributed by atoms with Gasteiger partial charge in [-0.05, 0) is 65.2 Å². The first kappa shape index (κ1) is 15.8. The highest BCUT2D eigenvalue weighted by Crippen LogP contribution is 2.25. The number of carbonyl (C=O) groups excluding carboxylic acids is 1. The monoisotopic (exact) mass is 315 g/mol. The fourth-order valence-electron chi connectivity index (χ4n) is 3.51. The molecule has 3 rings (SSSR count). The van der Waals surface area contributed by atoms with Gasteiger partial charge < -0.3 is 9.32 Å². The minimum Gasteiger partial charge on any atom is -0.454 e. The quantitative estimate of drug-likeness (QED) is 0.870. The Kier molecular flexibility index (Phi) is 4.28. The van der Waals surface area contributed by atoms with Gasteiger partial charge in [-0.3, -0.25) is 9.48 Å². The van der Waals surface area contributed by atoms with E-state index in [1.165, 1.54) is 6.42 Å². The lowest BCUT2D eigenvalue weighted by atomic mass is 9.97. The Labute approximate surface area is 137 Å². The van der Waals surface area contributed by atoms with E-state index in [4.69, 9.17) is 4.42 Å². The zero-order chi connectivity index (χ0) is 16.6. The van der Waals surface area contributed by atoms with Crippen molar-refractivity contribution in [2.24, 2.45) is 0 Å². The second-order valence-corrected chi connectivity index (χ2v) is 6.69. The standard InChI is InChI=1S/C18H25N3O2/c1-12-10-15(4)20(19-12)11-16-8-9-17(23-16)18(22)21-13(2)6-5-7-14(21)3/h8-10,13-14H,5-7,11H2,1-4H3. The van der Waals surface area contributed by atoms with Gasteiger partial charge in [0.25, 0.3) is 5.91 Å². The number of nitrogens with zero attached hydrogens (tertiary/aromatic N) is 3. The molecule has 0 spiro atoms. The van der Waals surface area contributed by atoms with Crippen molar-refractivity contribution in [1.82, 2.24) is 14.7 Å². The number of hydrogen-bond acceptors (Lipinski definition) is 3. The smallest absolute Gasteiger partial charge is 0.290 e. The summed E-state index contributed by atoms with van der Waals surface area (Å²) in [5.41, 5.74) is 2.08. The third-order valence-corrected chi connectivity index (χ3v) is 4.71. The predicted octanol–water partition coefficient (Wildman–Crippen LogP) is 3.54. The number of aryl methyl sites for hydroxylation is 2. The molecular weight excluding hydrogens is 290 g/mol. The molecule has 0 aliphatic carbocycles. The average molecular weight is 315 g/mol. The molecular formula is C18H25N3O2. The Morgan fingerprint density at radius 1 is 1.26 bits per heavy atom. The van der Waals surface area contributed by atoms with Crippen LogP contribution in [-0.4, -0.2) is 32.7 Å². The first-order valence-corrected chi connectivity index (χ1v) is 8.38.